The van der Waals surface area contributed by atoms with E-state index in [0.717, 1.165) is 22.5 Å². The minimum atomic E-state index is -0.339. The Kier molecular flexibility index (Phi) is 3.60. The highest BCUT2D eigenvalue weighted by molar-refractivity contribution is 6.05. The third-order valence-electron chi connectivity index (χ3n) is 4.46. The predicted octanol–water partition coefficient (Wildman–Crippen LogP) is 4.31. The Bertz CT molecular complexity index is 834. The van der Waals surface area contributed by atoms with Crippen LogP contribution in [0.5, 0.6) is 0 Å². The van der Waals surface area contributed by atoms with Crippen LogP contribution in [-0.2, 0) is 5.41 Å². The smallest absolute Gasteiger partial charge is 0.258 e. The predicted molar refractivity (Wildman–Crippen MR) is 92.4 cm³/mol. The van der Waals surface area contributed by atoms with Crippen LogP contribution in [0.4, 0.5) is 11.4 Å². The molecule has 0 aliphatic carbocycles. The minimum absolute atomic E-state index is 0.138. The van der Waals surface area contributed by atoms with Gasteiger partial charge in [-0.3, -0.25) is 10.1 Å². The zero-order valence-electron chi connectivity index (χ0n) is 13.5. The Morgan fingerprint density at radius 2 is 1.78 bits per heavy atom. The van der Waals surface area contributed by atoms with Crippen LogP contribution in [0.25, 0.3) is 6.08 Å². The number of non-ortho nitro benzene ring substituents is 1. The molecule has 0 fully saturated rings. The van der Waals surface area contributed by atoms with Crippen molar-refractivity contribution >= 4 is 23.2 Å². The lowest BCUT2D eigenvalue weighted by Gasteiger charge is -2.15. The Morgan fingerprint density at radius 1 is 1.09 bits per heavy atom. The lowest BCUT2D eigenvalue weighted by Crippen LogP contribution is -2.26. The lowest BCUT2D eigenvalue weighted by atomic mass is 9.81. The van der Waals surface area contributed by atoms with Crippen molar-refractivity contribution in [1.29, 1.82) is 0 Å². The summed E-state index contributed by atoms with van der Waals surface area (Å²) in [5.74, 6) is 0. The van der Waals surface area contributed by atoms with Gasteiger partial charge in [-0.05, 0) is 25.5 Å². The number of nitrogens with zero attached hydrogens (tertiary/aromatic N) is 2. The first kappa shape index (κ1) is 15.2. The standard InChI is InChI=1S/C19H19N2O2/c1-19(2)16-13-15(21(22)23)10-11-17(16)20(3)18(19)12-9-14-7-5-4-6-8-14/h4-13H,1-3H3/q+1/b12-9+. The van der Waals surface area contributed by atoms with Gasteiger partial charge in [0.05, 0.1) is 10.3 Å². The van der Waals surface area contributed by atoms with Gasteiger partial charge in [-0.1, -0.05) is 30.3 Å². The van der Waals surface area contributed by atoms with Gasteiger partial charge in [0.15, 0.2) is 5.71 Å². The molecule has 4 nitrogen and oxygen atoms in total. The van der Waals surface area contributed by atoms with Gasteiger partial charge >= 0.3 is 0 Å². The first-order chi connectivity index (χ1) is 10.9. The molecule has 0 unspecified atom stereocenters. The van der Waals surface area contributed by atoms with Gasteiger partial charge in [-0.2, -0.15) is 4.58 Å². The number of fused-ring (bicyclic) bond motifs is 1. The van der Waals surface area contributed by atoms with Crippen LogP contribution in [0.2, 0.25) is 0 Å². The molecule has 0 amide bonds. The fourth-order valence-electron chi connectivity index (χ4n) is 3.18. The second-order valence-corrected chi connectivity index (χ2v) is 6.27. The largest absolute Gasteiger partial charge is 0.270 e. The summed E-state index contributed by atoms with van der Waals surface area (Å²) >= 11 is 0. The quantitative estimate of drug-likeness (QED) is 0.482. The van der Waals surface area contributed by atoms with Crippen molar-refractivity contribution < 1.29 is 9.50 Å². The monoisotopic (exact) mass is 307 g/mol. The summed E-state index contributed by atoms with van der Waals surface area (Å²) in [7, 11) is 2.00. The average Bonchev–Trinajstić information content (AvgIpc) is 2.73. The Labute approximate surface area is 135 Å². The molecule has 1 aliphatic rings. The highest BCUT2D eigenvalue weighted by Crippen LogP contribution is 2.41. The van der Waals surface area contributed by atoms with Crippen molar-refractivity contribution in [3.63, 3.8) is 0 Å². The van der Waals surface area contributed by atoms with Gasteiger partial charge in [-0.25, -0.2) is 0 Å². The first-order valence-electron chi connectivity index (χ1n) is 7.54. The molecule has 0 spiro atoms. The zero-order chi connectivity index (χ0) is 16.6. The van der Waals surface area contributed by atoms with Gasteiger partial charge in [0.25, 0.3) is 5.69 Å². The number of rotatable bonds is 3. The second kappa shape index (κ2) is 5.47. The number of allylic oxidation sites excluding steroid dienone is 1. The summed E-state index contributed by atoms with van der Waals surface area (Å²) < 4.78 is 2.11. The second-order valence-electron chi connectivity index (χ2n) is 6.27. The van der Waals surface area contributed by atoms with E-state index in [-0.39, 0.29) is 16.0 Å². The number of benzene rings is 2. The minimum Gasteiger partial charge on any atom is -0.258 e. The van der Waals surface area contributed by atoms with Gasteiger partial charge < -0.3 is 0 Å². The van der Waals surface area contributed by atoms with Crippen LogP contribution in [-0.4, -0.2) is 22.3 Å². The number of hydrogen-bond donors (Lipinski definition) is 0. The SMILES string of the molecule is C[N+]1=C(/C=C/c2ccccc2)C(C)(C)c2cc([N+](=O)[O-])ccc21. The van der Waals surface area contributed by atoms with E-state index < -0.39 is 0 Å². The molecular formula is C19H19N2O2+. The van der Waals surface area contributed by atoms with Crippen LogP contribution in [0.15, 0.2) is 54.6 Å². The fraction of sp³-hybridized carbons (Fsp3) is 0.211. The van der Waals surface area contributed by atoms with Crippen molar-refractivity contribution in [2.24, 2.45) is 0 Å². The van der Waals surface area contributed by atoms with Gasteiger partial charge in [0.2, 0.25) is 5.69 Å². The molecule has 0 atom stereocenters. The number of nitro groups is 1. The molecule has 3 rings (SSSR count). The molecule has 4 heteroatoms. The Hall–Kier alpha value is -2.75. The van der Waals surface area contributed by atoms with E-state index in [0.29, 0.717) is 0 Å². The van der Waals surface area contributed by atoms with Crippen molar-refractivity contribution in [2.75, 3.05) is 7.05 Å². The molecule has 116 valence electrons. The third-order valence-corrected chi connectivity index (χ3v) is 4.46. The summed E-state index contributed by atoms with van der Waals surface area (Å²) in [6.07, 6.45) is 4.18. The molecule has 0 saturated carbocycles. The van der Waals surface area contributed by atoms with Gasteiger partial charge in [0, 0.05) is 29.8 Å². The summed E-state index contributed by atoms with van der Waals surface area (Å²) in [5, 5.41) is 11.1. The number of hydrogen-bond acceptors (Lipinski definition) is 2. The molecule has 0 radical (unpaired) electrons. The van der Waals surface area contributed by atoms with E-state index in [2.05, 4.69) is 42.7 Å². The highest BCUT2D eigenvalue weighted by Gasteiger charge is 2.43. The van der Waals surface area contributed by atoms with Crippen LogP contribution in [0.1, 0.15) is 25.0 Å². The Balaban J connectivity index is 2.04. The molecule has 2 aromatic rings. The molecule has 1 aliphatic heterocycles. The Morgan fingerprint density at radius 3 is 2.43 bits per heavy atom. The van der Waals surface area contributed by atoms with Crippen LogP contribution >= 0.6 is 0 Å². The molecular weight excluding hydrogens is 288 g/mol. The van der Waals surface area contributed by atoms with Crippen molar-refractivity contribution in [1.82, 2.24) is 0 Å². The summed E-state index contributed by atoms with van der Waals surface area (Å²) in [6.45, 7) is 4.20. The molecule has 1 heterocycles. The molecule has 23 heavy (non-hydrogen) atoms. The highest BCUT2D eigenvalue weighted by atomic mass is 16.6. The van der Waals surface area contributed by atoms with Crippen molar-refractivity contribution in [2.45, 2.75) is 19.3 Å². The molecule has 0 N–H and O–H groups in total. The van der Waals surface area contributed by atoms with E-state index >= 15 is 0 Å². The molecule has 0 bridgehead atoms. The van der Waals surface area contributed by atoms with Crippen molar-refractivity contribution in [3.8, 4) is 0 Å². The van der Waals surface area contributed by atoms with Crippen LogP contribution < -0.4 is 0 Å². The lowest BCUT2D eigenvalue weighted by molar-refractivity contribution is -0.402. The fourth-order valence-corrected chi connectivity index (χ4v) is 3.18. The summed E-state index contributed by atoms with van der Waals surface area (Å²) in [6, 6.07) is 15.2. The van der Waals surface area contributed by atoms with Gasteiger partial charge in [-0.15, -0.1) is 0 Å². The molecule has 0 saturated heterocycles. The van der Waals surface area contributed by atoms with E-state index in [9.17, 15) is 10.1 Å². The number of nitro benzene ring substituents is 1. The summed E-state index contributed by atoms with van der Waals surface area (Å²) in [5.41, 5.74) is 4.12. The average molecular weight is 307 g/mol. The van der Waals surface area contributed by atoms with Crippen LogP contribution in [0, 0.1) is 10.1 Å². The van der Waals surface area contributed by atoms with E-state index in [4.69, 9.17) is 0 Å². The zero-order valence-corrected chi connectivity index (χ0v) is 13.5. The maximum atomic E-state index is 11.1. The topological polar surface area (TPSA) is 46.1 Å². The van der Waals surface area contributed by atoms with E-state index in [1.54, 1.807) is 12.1 Å². The van der Waals surface area contributed by atoms with Crippen molar-refractivity contribution in [3.05, 3.63) is 75.8 Å². The maximum absolute atomic E-state index is 11.1. The normalized spacial score (nSPS) is 16.0. The molecule has 2 aromatic carbocycles. The van der Waals surface area contributed by atoms with Crippen LogP contribution in [0.3, 0.4) is 0 Å². The van der Waals surface area contributed by atoms with E-state index in [1.165, 1.54) is 0 Å². The van der Waals surface area contributed by atoms with E-state index in [1.807, 2.05) is 31.3 Å². The first-order valence-corrected chi connectivity index (χ1v) is 7.54. The maximum Gasteiger partial charge on any atom is 0.270 e. The third kappa shape index (κ3) is 2.57. The van der Waals surface area contributed by atoms with Gasteiger partial charge in [0.1, 0.15) is 7.05 Å². The molecule has 0 aromatic heterocycles. The summed E-state index contributed by atoms with van der Waals surface area (Å²) in [4.78, 5) is 10.7.